The Labute approximate surface area is 191 Å². The first kappa shape index (κ1) is 20.0. The summed E-state index contributed by atoms with van der Waals surface area (Å²) in [6.45, 7) is 0. The van der Waals surface area contributed by atoms with Crippen molar-refractivity contribution in [2.45, 2.75) is 6.42 Å². The molecule has 0 spiro atoms. The van der Waals surface area contributed by atoms with Crippen LogP contribution in [0.4, 0.5) is 11.4 Å². The Hall–Kier alpha value is -3.61. The lowest BCUT2D eigenvalue weighted by Gasteiger charge is -2.37. The highest BCUT2D eigenvalue weighted by atomic mass is 16.5. The van der Waals surface area contributed by atoms with Crippen molar-refractivity contribution < 1.29 is 23.9 Å². The Balaban J connectivity index is 1.26. The average Bonchev–Trinajstić information content (AvgIpc) is 3.62. The summed E-state index contributed by atoms with van der Waals surface area (Å²) in [7, 11) is 3.07. The van der Waals surface area contributed by atoms with E-state index in [9.17, 15) is 14.4 Å². The van der Waals surface area contributed by atoms with Gasteiger partial charge in [-0.15, -0.1) is 0 Å². The fraction of sp³-hybridized carbons (Fsp3) is 0.346. The van der Waals surface area contributed by atoms with Gasteiger partial charge >= 0.3 is 0 Å². The molecule has 2 aromatic carbocycles. The molecule has 4 aliphatic carbocycles. The Morgan fingerprint density at radius 3 is 2.27 bits per heavy atom. The van der Waals surface area contributed by atoms with E-state index in [0.29, 0.717) is 40.3 Å². The molecule has 2 bridgehead atoms. The number of rotatable bonds is 5. The smallest absolute Gasteiger partial charge is 0.255 e. The molecule has 2 saturated carbocycles. The van der Waals surface area contributed by atoms with Gasteiger partial charge in [-0.2, -0.15) is 0 Å². The van der Waals surface area contributed by atoms with Crippen LogP contribution in [0.3, 0.4) is 0 Å². The van der Waals surface area contributed by atoms with E-state index in [-0.39, 0.29) is 41.4 Å². The fourth-order valence-electron chi connectivity index (χ4n) is 6.09. The normalized spacial score (nSPS) is 30.7. The monoisotopic (exact) mass is 444 g/mol. The number of hydrogen-bond donors (Lipinski definition) is 1. The summed E-state index contributed by atoms with van der Waals surface area (Å²) in [4.78, 5) is 41.0. The lowest BCUT2D eigenvalue weighted by molar-refractivity contribution is -0.124. The molecule has 5 aliphatic rings. The van der Waals surface area contributed by atoms with Crippen LogP contribution in [0.5, 0.6) is 11.5 Å². The molecule has 0 radical (unpaired) electrons. The van der Waals surface area contributed by atoms with Gasteiger partial charge in [0.2, 0.25) is 11.8 Å². The first-order valence-electron chi connectivity index (χ1n) is 11.2. The van der Waals surface area contributed by atoms with E-state index in [4.69, 9.17) is 9.47 Å². The Kier molecular flexibility index (Phi) is 4.37. The predicted octanol–water partition coefficient (Wildman–Crippen LogP) is 3.51. The van der Waals surface area contributed by atoms with Gasteiger partial charge in [-0.1, -0.05) is 18.2 Å². The molecular weight excluding hydrogens is 420 g/mol. The molecule has 7 nitrogen and oxygen atoms in total. The van der Waals surface area contributed by atoms with E-state index in [2.05, 4.69) is 17.5 Å². The third kappa shape index (κ3) is 2.91. The van der Waals surface area contributed by atoms with Crippen molar-refractivity contribution in [2.75, 3.05) is 24.4 Å². The van der Waals surface area contributed by atoms with Crippen molar-refractivity contribution in [1.82, 2.24) is 0 Å². The average molecular weight is 444 g/mol. The van der Waals surface area contributed by atoms with E-state index in [0.717, 1.165) is 6.42 Å². The van der Waals surface area contributed by atoms with Crippen molar-refractivity contribution in [1.29, 1.82) is 0 Å². The maximum atomic E-state index is 13.4. The number of imide groups is 1. The molecule has 1 N–H and O–H groups in total. The van der Waals surface area contributed by atoms with Crippen LogP contribution in [0.25, 0.3) is 0 Å². The minimum absolute atomic E-state index is 0.135. The molecule has 3 amide bonds. The Morgan fingerprint density at radius 1 is 0.939 bits per heavy atom. The van der Waals surface area contributed by atoms with Gasteiger partial charge in [0.25, 0.3) is 5.91 Å². The van der Waals surface area contributed by atoms with Gasteiger partial charge in [-0.05, 0) is 60.4 Å². The number of methoxy groups -OCH3 is 2. The second-order valence-electron chi connectivity index (χ2n) is 9.24. The molecule has 7 heteroatoms. The molecule has 1 heterocycles. The number of nitrogens with one attached hydrogen (secondary N) is 1. The zero-order valence-electron chi connectivity index (χ0n) is 18.4. The molecule has 7 rings (SSSR count). The number of benzene rings is 2. The van der Waals surface area contributed by atoms with Crippen LogP contribution in [0, 0.1) is 35.5 Å². The van der Waals surface area contributed by atoms with E-state index < -0.39 is 0 Å². The van der Waals surface area contributed by atoms with E-state index >= 15 is 0 Å². The van der Waals surface area contributed by atoms with Gasteiger partial charge in [0.05, 0.1) is 37.4 Å². The largest absolute Gasteiger partial charge is 0.497 e. The Bertz CT molecular complexity index is 1180. The number of nitrogens with zero attached hydrogens (tertiary/aromatic N) is 1. The maximum absolute atomic E-state index is 13.4. The number of hydrogen-bond acceptors (Lipinski definition) is 5. The summed E-state index contributed by atoms with van der Waals surface area (Å²) >= 11 is 0. The number of ether oxygens (including phenoxy) is 2. The highest BCUT2D eigenvalue weighted by Crippen LogP contribution is 2.65. The summed E-state index contributed by atoms with van der Waals surface area (Å²) < 4.78 is 10.5. The molecule has 168 valence electrons. The molecule has 1 saturated heterocycles. The summed E-state index contributed by atoms with van der Waals surface area (Å²) in [6.07, 6.45) is 5.43. The number of anilines is 2. The number of carbonyl (C=O) groups excluding carboxylic acids is 3. The highest BCUT2D eigenvalue weighted by Gasteiger charge is 2.67. The lowest BCUT2D eigenvalue weighted by Crippen LogP contribution is -2.40. The standard InChI is InChI=1S/C26H24N2O5/c1-32-15-6-9-20(21(11-15)33-2)27-24(29)13-4-3-5-14(10-13)28-25(30)22-16-7-8-17(19-12-18(16)19)23(22)26(28)31/h3-11,16-19,22-23H,12H2,1-2H3,(H,27,29)/t16-,17-,18-,19-,22+,23+/m0/s1. The molecule has 1 aliphatic heterocycles. The van der Waals surface area contributed by atoms with Crippen molar-refractivity contribution in [3.05, 3.63) is 60.2 Å². The first-order chi connectivity index (χ1) is 16.0. The zero-order chi connectivity index (χ0) is 22.9. The minimum Gasteiger partial charge on any atom is -0.497 e. The van der Waals surface area contributed by atoms with Crippen molar-refractivity contribution in [3.8, 4) is 11.5 Å². The Morgan fingerprint density at radius 2 is 1.64 bits per heavy atom. The molecule has 2 aromatic rings. The van der Waals surface area contributed by atoms with Crippen LogP contribution in [-0.2, 0) is 9.59 Å². The third-order valence-electron chi connectivity index (χ3n) is 7.69. The second-order valence-corrected chi connectivity index (χ2v) is 9.24. The second kappa shape index (κ2) is 7.20. The van der Waals surface area contributed by atoms with Crippen molar-refractivity contribution >= 4 is 29.1 Å². The molecule has 6 atom stereocenters. The van der Waals surface area contributed by atoms with Crippen LogP contribution in [-0.4, -0.2) is 31.9 Å². The van der Waals surface area contributed by atoms with Crippen LogP contribution in [0.1, 0.15) is 16.8 Å². The van der Waals surface area contributed by atoms with Gasteiger partial charge in [-0.3, -0.25) is 14.4 Å². The van der Waals surface area contributed by atoms with E-state index in [1.54, 1.807) is 49.6 Å². The van der Waals surface area contributed by atoms with Gasteiger partial charge in [0.1, 0.15) is 11.5 Å². The van der Waals surface area contributed by atoms with Crippen LogP contribution >= 0.6 is 0 Å². The fourth-order valence-corrected chi connectivity index (χ4v) is 6.09. The summed E-state index contributed by atoms with van der Waals surface area (Å²) in [5.41, 5.74) is 1.29. The maximum Gasteiger partial charge on any atom is 0.255 e. The van der Waals surface area contributed by atoms with Crippen molar-refractivity contribution in [3.63, 3.8) is 0 Å². The van der Waals surface area contributed by atoms with Crippen molar-refractivity contribution in [2.24, 2.45) is 35.5 Å². The summed E-state index contributed by atoms with van der Waals surface area (Å²) in [5, 5.41) is 2.84. The summed E-state index contributed by atoms with van der Waals surface area (Å²) in [6, 6.07) is 11.8. The molecule has 33 heavy (non-hydrogen) atoms. The van der Waals surface area contributed by atoms with E-state index in [1.165, 1.54) is 12.0 Å². The minimum atomic E-state index is -0.361. The van der Waals surface area contributed by atoms with Crippen LogP contribution < -0.4 is 19.7 Å². The predicted molar refractivity (Wildman–Crippen MR) is 121 cm³/mol. The summed E-state index contributed by atoms with van der Waals surface area (Å²) in [5.74, 6) is 1.35. The van der Waals surface area contributed by atoms with Crippen LogP contribution in [0.15, 0.2) is 54.6 Å². The van der Waals surface area contributed by atoms with E-state index in [1.807, 2.05) is 0 Å². The van der Waals surface area contributed by atoms with Crippen LogP contribution in [0.2, 0.25) is 0 Å². The quantitative estimate of drug-likeness (QED) is 0.564. The molecule has 0 aromatic heterocycles. The number of carbonyl (C=O) groups is 3. The third-order valence-corrected chi connectivity index (χ3v) is 7.69. The molecule has 3 fully saturated rings. The van der Waals surface area contributed by atoms with Gasteiger partial charge in [0.15, 0.2) is 0 Å². The highest BCUT2D eigenvalue weighted by molar-refractivity contribution is 6.23. The van der Waals surface area contributed by atoms with Gasteiger partial charge in [-0.25, -0.2) is 4.90 Å². The lowest BCUT2D eigenvalue weighted by atomic mass is 9.63. The number of allylic oxidation sites excluding steroid dienone is 2. The first-order valence-corrected chi connectivity index (χ1v) is 11.2. The molecule has 0 unspecified atom stereocenters. The SMILES string of the molecule is COc1ccc(NC(=O)c2cccc(N3C(=O)[C@@H]4[C@H]5C=C[C@@H]([C@@H]6C[C@@H]56)[C@H]4C3=O)c2)c(OC)c1. The molecular formula is C26H24N2O5. The van der Waals surface area contributed by atoms with Gasteiger partial charge in [0, 0.05) is 11.6 Å². The number of amides is 3. The zero-order valence-corrected chi connectivity index (χ0v) is 18.4. The van der Waals surface area contributed by atoms with Gasteiger partial charge < -0.3 is 14.8 Å². The topological polar surface area (TPSA) is 84.9 Å².